The fourth-order valence-corrected chi connectivity index (χ4v) is 2.14. The molecule has 0 fully saturated rings. The van der Waals surface area contributed by atoms with Gasteiger partial charge in [-0.15, -0.1) is 0 Å². The predicted molar refractivity (Wildman–Crippen MR) is 86.1 cm³/mol. The summed E-state index contributed by atoms with van der Waals surface area (Å²) in [6, 6.07) is 8.90. The van der Waals surface area contributed by atoms with E-state index >= 15 is 0 Å². The zero-order chi connectivity index (χ0) is 18.4. The van der Waals surface area contributed by atoms with E-state index in [1.54, 1.807) is 0 Å². The van der Waals surface area contributed by atoms with Crippen molar-refractivity contribution in [3.05, 3.63) is 58.3 Å². The van der Waals surface area contributed by atoms with Gasteiger partial charge in [-0.1, -0.05) is 15.9 Å². The number of nitrogens with one attached hydrogen (secondary N) is 1. The molecule has 0 aliphatic carbocycles. The number of ether oxygens (including phenoxy) is 2. The molecule has 5 nitrogen and oxygen atoms in total. The minimum Gasteiger partial charge on any atom is -0.452 e. The van der Waals surface area contributed by atoms with Crippen LogP contribution in [0.2, 0.25) is 0 Å². The van der Waals surface area contributed by atoms with Gasteiger partial charge in [0.05, 0.1) is 5.56 Å². The van der Waals surface area contributed by atoms with Crippen LogP contribution >= 0.6 is 15.9 Å². The summed E-state index contributed by atoms with van der Waals surface area (Å²) in [5.41, 5.74) is -0.0213. The second-order valence-corrected chi connectivity index (χ2v) is 5.57. The standard InChI is InChI=1S/C16H11BrF3NO4/c17-9-1-6-13(18)12(7-9)15(23)24-8-14(22)21-10-2-4-11(5-3-10)25-16(19)20/h1-7,16H,8H2,(H,21,22). The summed E-state index contributed by atoms with van der Waals surface area (Å²) >= 11 is 3.10. The monoisotopic (exact) mass is 417 g/mol. The van der Waals surface area contributed by atoms with E-state index in [1.807, 2.05) is 0 Å². The summed E-state index contributed by atoms with van der Waals surface area (Å²) in [6.45, 7) is -3.58. The lowest BCUT2D eigenvalue weighted by molar-refractivity contribution is -0.119. The molecule has 1 N–H and O–H groups in total. The number of amides is 1. The van der Waals surface area contributed by atoms with E-state index in [2.05, 4.69) is 26.0 Å². The summed E-state index contributed by atoms with van der Waals surface area (Å²) in [5.74, 6) is -2.51. The lowest BCUT2D eigenvalue weighted by Crippen LogP contribution is -2.21. The Labute approximate surface area is 148 Å². The first-order chi connectivity index (χ1) is 11.8. The van der Waals surface area contributed by atoms with Crippen molar-refractivity contribution in [3.8, 4) is 5.75 Å². The van der Waals surface area contributed by atoms with Gasteiger partial charge in [0.2, 0.25) is 0 Å². The van der Waals surface area contributed by atoms with Gasteiger partial charge in [0.1, 0.15) is 11.6 Å². The van der Waals surface area contributed by atoms with Crippen molar-refractivity contribution in [2.45, 2.75) is 6.61 Å². The van der Waals surface area contributed by atoms with Crippen LogP contribution in [-0.4, -0.2) is 25.1 Å². The van der Waals surface area contributed by atoms with Gasteiger partial charge in [0, 0.05) is 10.2 Å². The highest BCUT2D eigenvalue weighted by Gasteiger charge is 2.15. The summed E-state index contributed by atoms with van der Waals surface area (Å²) in [4.78, 5) is 23.5. The number of alkyl halides is 2. The van der Waals surface area contributed by atoms with Gasteiger partial charge >= 0.3 is 12.6 Å². The van der Waals surface area contributed by atoms with Crippen molar-refractivity contribution in [1.29, 1.82) is 0 Å². The molecule has 0 spiro atoms. The molecule has 0 aromatic heterocycles. The third-order valence-electron chi connectivity index (χ3n) is 2.85. The topological polar surface area (TPSA) is 64.6 Å². The number of esters is 1. The van der Waals surface area contributed by atoms with Crippen LogP contribution in [0.5, 0.6) is 5.75 Å². The Kier molecular flexibility index (Phi) is 6.40. The van der Waals surface area contributed by atoms with Crippen LogP contribution in [0.25, 0.3) is 0 Å². The molecule has 0 unspecified atom stereocenters. The Hall–Kier alpha value is -2.55. The normalized spacial score (nSPS) is 10.4. The minimum atomic E-state index is -2.95. The van der Waals surface area contributed by atoms with E-state index < -0.39 is 30.9 Å². The van der Waals surface area contributed by atoms with Gasteiger partial charge < -0.3 is 14.8 Å². The summed E-state index contributed by atoms with van der Waals surface area (Å²) in [6.07, 6.45) is 0. The first kappa shape index (κ1) is 18.8. The summed E-state index contributed by atoms with van der Waals surface area (Å²) in [5, 5.41) is 2.39. The molecule has 9 heteroatoms. The molecule has 0 atom stereocenters. The first-order valence-corrected chi connectivity index (χ1v) is 7.61. The van der Waals surface area contributed by atoms with Crippen molar-refractivity contribution in [2.75, 3.05) is 11.9 Å². The maximum Gasteiger partial charge on any atom is 0.387 e. The first-order valence-electron chi connectivity index (χ1n) is 6.82. The van der Waals surface area contributed by atoms with Crippen molar-refractivity contribution in [2.24, 2.45) is 0 Å². The van der Waals surface area contributed by atoms with Crippen LogP contribution in [0, 0.1) is 5.82 Å². The molecule has 25 heavy (non-hydrogen) atoms. The number of halogens is 4. The fraction of sp³-hybridized carbons (Fsp3) is 0.125. The zero-order valence-electron chi connectivity index (χ0n) is 12.5. The van der Waals surface area contributed by atoms with Crippen molar-refractivity contribution in [1.82, 2.24) is 0 Å². The van der Waals surface area contributed by atoms with E-state index in [4.69, 9.17) is 4.74 Å². The smallest absolute Gasteiger partial charge is 0.387 e. The van der Waals surface area contributed by atoms with Gasteiger partial charge in [-0.05, 0) is 42.5 Å². The Morgan fingerprint density at radius 2 is 1.80 bits per heavy atom. The van der Waals surface area contributed by atoms with Gasteiger partial charge in [-0.3, -0.25) is 4.79 Å². The van der Waals surface area contributed by atoms with E-state index in [-0.39, 0.29) is 17.0 Å². The van der Waals surface area contributed by atoms with E-state index in [1.165, 1.54) is 36.4 Å². The molecule has 0 bridgehead atoms. The van der Waals surface area contributed by atoms with Gasteiger partial charge in [-0.25, -0.2) is 9.18 Å². The SMILES string of the molecule is O=C(COC(=O)c1cc(Br)ccc1F)Nc1ccc(OC(F)F)cc1. The molecule has 2 aromatic carbocycles. The van der Waals surface area contributed by atoms with Crippen LogP contribution in [0.3, 0.4) is 0 Å². The molecule has 0 heterocycles. The number of rotatable bonds is 6. The molecule has 0 radical (unpaired) electrons. The number of carbonyl (C=O) groups excluding carboxylic acids is 2. The lowest BCUT2D eigenvalue weighted by atomic mass is 10.2. The Morgan fingerprint density at radius 3 is 2.44 bits per heavy atom. The maximum absolute atomic E-state index is 13.5. The molecule has 0 aliphatic heterocycles. The molecule has 1 amide bonds. The lowest BCUT2D eigenvalue weighted by Gasteiger charge is -2.08. The van der Waals surface area contributed by atoms with Gasteiger partial charge in [-0.2, -0.15) is 8.78 Å². The highest BCUT2D eigenvalue weighted by Crippen LogP contribution is 2.18. The van der Waals surface area contributed by atoms with Crippen LogP contribution in [0.1, 0.15) is 10.4 Å². The molecule has 2 rings (SSSR count). The second kappa shape index (κ2) is 8.52. The Morgan fingerprint density at radius 1 is 1.12 bits per heavy atom. The Bertz CT molecular complexity index is 768. The minimum absolute atomic E-state index is 0.0652. The number of hydrogen-bond acceptors (Lipinski definition) is 4. The van der Waals surface area contributed by atoms with E-state index in [0.717, 1.165) is 6.07 Å². The maximum atomic E-state index is 13.5. The van der Waals surface area contributed by atoms with Crippen LogP contribution < -0.4 is 10.1 Å². The van der Waals surface area contributed by atoms with Crippen LogP contribution in [0.15, 0.2) is 46.9 Å². The highest BCUT2D eigenvalue weighted by molar-refractivity contribution is 9.10. The van der Waals surface area contributed by atoms with Crippen molar-refractivity contribution < 1.29 is 32.2 Å². The van der Waals surface area contributed by atoms with Gasteiger partial charge in [0.25, 0.3) is 5.91 Å². The second-order valence-electron chi connectivity index (χ2n) is 4.65. The van der Waals surface area contributed by atoms with E-state index in [0.29, 0.717) is 4.47 Å². The number of carbonyl (C=O) groups is 2. The molecule has 0 saturated heterocycles. The average molecular weight is 418 g/mol. The predicted octanol–water partition coefficient (Wildman–Crippen LogP) is 3.99. The Balaban J connectivity index is 1.88. The zero-order valence-corrected chi connectivity index (χ0v) is 14.1. The highest BCUT2D eigenvalue weighted by atomic mass is 79.9. The summed E-state index contributed by atoms with van der Waals surface area (Å²) in [7, 11) is 0. The van der Waals surface area contributed by atoms with Crippen LogP contribution in [-0.2, 0) is 9.53 Å². The quantitative estimate of drug-likeness (QED) is 0.721. The molecule has 132 valence electrons. The molecular weight excluding hydrogens is 407 g/mol. The molecule has 0 aliphatic rings. The van der Waals surface area contributed by atoms with E-state index in [9.17, 15) is 22.8 Å². The van der Waals surface area contributed by atoms with Crippen molar-refractivity contribution >= 4 is 33.5 Å². The average Bonchev–Trinajstić information content (AvgIpc) is 2.56. The van der Waals surface area contributed by atoms with Crippen LogP contribution in [0.4, 0.5) is 18.9 Å². The van der Waals surface area contributed by atoms with Crippen molar-refractivity contribution in [3.63, 3.8) is 0 Å². The molecule has 0 saturated carbocycles. The molecule has 2 aromatic rings. The summed E-state index contributed by atoms with van der Waals surface area (Å²) < 4.78 is 47.0. The third-order valence-corrected chi connectivity index (χ3v) is 3.34. The third kappa shape index (κ3) is 5.79. The molecular formula is C16H11BrF3NO4. The number of anilines is 1. The van der Waals surface area contributed by atoms with Gasteiger partial charge in [0.15, 0.2) is 6.61 Å². The number of benzene rings is 2. The fourth-order valence-electron chi connectivity index (χ4n) is 1.78. The number of hydrogen-bond donors (Lipinski definition) is 1. The largest absolute Gasteiger partial charge is 0.452 e.